The molecular formula is C18H22N2O6S2. The molecule has 2 N–H and O–H groups in total. The van der Waals surface area contributed by atoms with Gasteiger partial charge in [0, 0.05) is 26.5 Å². The van der Waals surface area contributed by atoms with Gasteiger partial charge in [0.15, 0.2) is 9.84 Å². The molecule has 0 radical (unpaired) electrons. The minimum absolute atomic E-state index is 0.0160. The van der Waals surface area contributed by atoms with Crippen molar-refractivity contribution in [1.82, 2.24) is 5.32 Å². The van der Waals surface area contributed by atoms with E-state index in [0.717, 1.165) is 6.26 Å². The van der Waals surface area contributed by atoms with E-state index in [0.29, 0.717) is 19.6 Å². The second-order valence-corrected chi connectivity index (χ2v) is 9.70. The Labute approximate surface area is 164 Å². The van der Waals surface area contributed by atoms with Crippen LogP contribution in [0.1, 0.15) is 16.8 Å². The summed E-state index contributed by atoms with van der Waals surface area (Å²) in [7, 11) is -5.87. The van der Waals surface area contributed by atoms with Crippen molar-refractivity contribution >= 4 is 31.5 Å². The molecule has 0 unspecified atom stereocenters. The lowest BCUT2D eigenvalue weighted by molar-refractivity contribution is 0.0949. The molecule has 0 aliphatic rings. The topological polar surface area (TPSA) is 119 Å². The molecule has 0 aliphatic carbocycles. The molecule has 28 heavy (non-hydrogen) atoms. The maximum absolute atomic E-state index is 12.6. The lowest BCUT2D eigenvalue weighted by Crippen LogP contribution is -2.26. The van der Waals surface area contributed by atoms with Gasteiger partial charge in [-0.25, -0.2) is 16.8 Å². The van der Waals surface area contributed by atoms with Crippen molar-refractivity contribution in [1.29, 1.82) is 0 Å². The molecule has 0 atom stereocenters. The van der Waals surface area contributed by atoms with E-state index in [1.807, 2.05) is 0 Å². The monoisotopic (exact) mass is 426 g/mol. The third-order valence-corrected chi connectivity index (χ3v) is 6.30. The van der Waals surface area contributed by atoms with E-state index in [1.165, 1.54) is 36.4 Å². The summed E-state index contributed by atoms with van der Waals surface area (Å²) in [4.78, 5) is 12.3. The standard InChI is InChI=1S/C18H22N2O6S2/c1-26-13-5-12-19-18(21)16-6-3-4-7-17(16)20-28(24,25)15-10-8-14(9-11-15)27(2,22)23/h3-4,6-11,20H,5,12-13H2,1-2H3,(H,19,21). The number of sulfone groups is 1. The van der Waals surface area contributed by atoms with Crippen LogP contribution in [0, 0.1) is 0 Å². The summed E-state index contributed by atoms with van der Waals surface area (Å²) in [6, 6.07) is 11.1. The van der Waals surface area contributed by atoms with Crippen LogP contribution in [-0.2, 0) is 24.6 Å². The average molecular weight is 427 g/mol. The van der Waals surface area contributed by atoms with E-state index >= 15 is 0 Å². The Morgan fingerprint density at radius 2 is 1.57 bits per heavy atom. The molecule has 10 heteroatoms. The maximum Gasteiger partial charge on any atom is 0.261 e. The Balaban J connectivity index is 2.21. The van der Waals surface area contributed by atoms with Gasteiger partial charge in [-0.05, 0) is 42.8 Å². The predicted molar refractivity (Wildman–Crippen MR) is 106 cm³/mol. The third kappa shape index (κ3) is 5.78. The smallest absolute Gasteiger partial charge is 0.261 e. The van der Waals surface area contributed by atoms with Crippen LogP contribution >= 0.6 is 0 Å². The second-order valence-electron chi connectivity index (χ2n) is 6.00. The Kier molecular flexibility index (Phi) is 7.17. The molecule has 152 valence electrons. The number of amides is 1. The number of rotatable bonds is 9. The van der Waals surface area contributed by atoms with Gasteiger partial charge in [-0.15, -0.1) is 0 Å². The molecule has 0 saturated heterocycles. The van der Waals surface area contributed by atoms with Gasteiger partial charge in [-0.2, -0.15) is 0 Å². The molecule has 0 fully saturated rings. The minimum atomic E-state index is -4.01. The van der Waals surface area contributed by atoms with Gasteiger partial charge in [-0.3, -0.25) is 9.52 Å². The molecule has 2 aromatic carbocycles. The zero-order chi connectivity index (χ0) is 20.8. The van der Waals surface area contributed by atoms with Crippen molar-refractivity contribution in [2.24, 2.45) is 0 Å². The molecule has 0 spiro atoms. The van der Waals surface area contributed by atoms with E-state index in [2.05, 4.69) is 10.0 Å². The van der Waals surface area contributed by atoms with E-state index in [-0.39, 0.29) is 21.0 Å². The lowest BCUT2D eigenvalue weighted by atomic mass is 10.1. The van der Waals surface area contributed by atoms with Crippen molar-refractivity contribution in [3.05, 3.63) is 54.1 Å². The fourth-order valence-corrected chi connectivity index (χ4v) is 4.06. The fraction of sp³-hybridized carbons (Fsp3) is 0.278. The highest BCUT2D eigenvalue weighted by atomic mass is 32.2. The van der Waals surface area contributed by atoms with Crippen LogP contribution in [0.25, 0.3) is 0 Å². The highest BCUT2D eigenvalue weighted by Gasteiger charge is 2.19. The number of ether oxygens (including phenoxy) is 1. The Morgan fingerprint density at radius 3 is 2.18 bits per heavy atom. The second kappa shape index (κ2) is 9.18. The van der Waals surface area contributed by atoms with Crippen LogP contribution in [0.3, 0.4) is 0 Å². The van der Waals surface area contributed by atoms with Gasteiger partial charge in [0.05, 0.1) is 21.0 Å². The molecule has 0 aliphatic heterocycles. The number of hydrogen-bond donors (Lipinski definition) is 2. The van der Waals surface area contributed by atoms with Crippen molar-refractivity contribution in [2.75, 3.05) is 31.2 Å². The first-order valence-corrected chi connectivity index (χ1v) is 11.7. The quantitative estimate of drug-likeness (QED) is 0.589. The summed E-state index contributed by atoms with van der Waals surface area (Å²) in [5, 5.41) is 2.70. The van der Waals surface area contributed by atoms with Crippen molar-refractivity contribution in [3.8, 4) is 0 Å². The Morgan fingerprint density at radius 1 is 0.964 bits per heavy atom. The summed E-state index contributed by atoms with van der Waals surface area (Å²) in [6.07, 6.45) is 1.67. The highest BCUT2D eigenvalue weighted by molar-refractivity contribution is 7.92. The van der Waals surface area contributed by atoms with E-state index in [9.17, 15) is 21.6 Å². The molecule has 1 amide bonds. The van der Waals surface area contributed by atoms with Crippen LogP contribution in [0.4, 0.5) is 5.69 Å². The third-order valence-electron chi connectivity index (χ3n) is 3.79. The SMILES string of the molecule is COCCCNC(=O)c1ccccc1NS(=O)(=O)c1ccc(S(C)(=O)=O)cc1. The van der Waals surface area contributed by atoms with E-state index in [4.69, 9.17) is 4.74 Å². The molecule has 8 nitrogen and oxygen atoms in total. The lowest BCUT2D eigenvalue weighted by Gasteiger charge is -2.13. The molecule has 0 bridgehead atoms. The number of para-hydroxylation sites is 1. The number of carbonyl (C=O) groups is 1. The molecule has 0 heterocycles. The maximum atomic E-state index is 12.6. The Bertz CT molecular complexity index is 1030. The predicted octanol–water partition coefficient (Wildman–Crippen LogP) is 1.66. The number of carbonyl (C=O) groups excluding carboxylic acids is 1. The van der Waals surface area contributed by atoms with Crippen LogP contribution < -0.4 is 10.0 Å². The first-order chi connectivity index (χ1) is 13.1. The number of methoxy groups -OCH3 is 1. The van der Waals surface area contributed by atoms with Crippen LogP contribution in [0.2, 0.25) is 0 Å². The van der Waals surface area contributed by atoms with Crippen LogP contribution in [0.5, 0.6) is 0 Å². The largest absolute Gasteiger partial charge is 0.385 e. The molecule has 2 aromatic rings. The Hall–Kier alpha value is -2.43. The summed E-state index contributed by atoms with van der Waals surface area (Å²) in [6.45, 7) is 0.888. The number of anilines is 1. The highest BCUT2D eigenvalue weighted by Crippen LogP contribution is 2.21. The van der Waals surface area contributed by atoms with Crippen molar-refractivity contribution < 1.29 is 26.4 Å². The molecule has 0 aromatic heterocycles. The first kappa shape index (κ1) is 21.9. The number of benzene rings is 2. The van der Waals surface area contributed by atoms with Gasteiger partial charge in [0.25, 0.3) is 15.9 Å². The summed E-state index contributed by atoms with van der Waals surface area (Å²) >= 11 is 0. The summed E-state index contributed by atoms with van der Waals surface area (Å²) in [5.41, 5.74) is 0.301. The molecular weight excluding hydrogens is 404 g/mol. The fourth-order valence-electron chi connectivity index (χ4n) is 2.35. The number of hydrogen-bond acceptors (Lipinski definition) is 6. The normalized spacial score (nSPS) is 11.8. The van der Waals surface area contributed by atoms with E-state index in [1.54, 1.807) is 19.2 Å². The van der Waals surface area contributed by atoms with Crippen LogP contribution in [0.15, 0.2) is 58.3 Å². The van der Waals surface area contributed by atoms with Gasteiger partial charge in [-0.1, -0.05) is 12.1 Å². The average Bonchev–Trinajstić information content (AvgIpc) is 2.64. The first-order valence-electron chi connectivity index (χ1n) is 8.34. The van der Waals surface area contributed by atoms with Gasteiger partial charge >= 0.3 is 0 Å². The van der Waals surface area contributed by atoms with E-state index < -0.39 is 25.8 Å². The number of nitrogens with one attached hydrogen (secondary N) is 2. The van der Waals surface area contributed by atoms with Crippen molar-refractivity contribution in [3.63, 3.8) is 0 Å². The number of sulfonamides is 1. The zero-order valence-electron chi connectivity index (χ0n) is 15.5. The van der Waals surface area contributed by atoms with Gasteiger partial charge < -0.3 is 10.1 Å². The van der Waals surface area contributed by atoms with Gasteiger partial charge in [0.1, 0.15) is 0 Å². The zero-order valence-corrected chi connectivity index (χ0v) is 17.1. The summed E-state index contributed by atoms with van der Waals surface area (Å²) < 4.78 is 55.6. The summed E-state index contributed by atoms with van der Waals surface area (Å²) in [5.74, 6) is -0.415. The minimum Gasteiger partial charge on any atom is -0.385 e. The van der Waals surface area contributed by atoms with Crippen LogP contribution in [-0.4, -0.2) is 49.3 Å². The molecule has 0 saturated carbocycles. The van der Waals surface area contributed by atoms with Crippen molar-refractivity contribution in [2.45, 2.75) is 16.2 Å². The molecule has 2 rings (SSSR count). The van der Waals surface area contributed by atoms with Gasteiger partial charge in [0.2, 0.25) is 0 Å².